The second-order valence-corrected chi connectivity index (χ2v) is 4.19. The number of carbonyl (C=O) groups is 2. The van der Waals surface area contributed by atoms with Crippen molar-refractivity contribution >= 4 is 17.5 Å². The Balaban J connectivity index is 1.99. The summed E-state index contributed by atoms with van der Waals surface area (Å²) in [6.07, 6.45) is 1.83. The zero-order valence-electron chi connectivity index (χ0n) is 10.8. The smallest absolute Gasteiger partial charge is 0.242 e. The summed E-state index contributed by atoms with van der Waals surface area (Å²) in [4.78, 5) is 22.6. The van der Waals surface area contributed by atoms with Gasteiger partial charge in [0.05, 0.1) is 6.54 Å². The number of nitrogens with zero attached hydrogens (tertiary/aromatic N) is 3. The summed E-state index contributed by atoms with van der Waals surface area (Å²) in [7, 11) is 0. The van der Waals surface area contributed by atoms with Crippen LogP contribution in [0.3, 0.4) is 0 Å². The fourth-order valence-electron chi connectivity index (χ4n) is 1.70. The van der Waals surface area contributed by atoms with Gasteiger partial charge in [0, 0.05) is 13.1 Å². The minimum absolute atomic E-state index is 0.240. The molecule has 2 N–H and O–H groups in total. The number of fused-ring (bicyclic) bond motifs is 1. The number of rotatable bonds is 4. The number of nitrogens with one attached hydrogen (secondary N) is 2. The maximum absolute atomic E-state index is 11.7. The molecular formula is C12H15N5O2. The summed E-state index contributed by atoms with van der Waals surface area (Å²) in [6, 6.07) is 4.99. The van der Waals surface area contributed by atoms with Gasteiger partial charge in [0.25, 0.3) is 0 Å². The molecule has 0 saturated heterocycles. The Morgan fingerprint density at radius 3 is 2.89 bits per heavy atom. The molecule has 1 atom stereocenters. The van der Waals surface area contributed by atoms with Crippen LogP contribution in [0.5, 0.6) is 0 Å². The average molecular weight is 261 g/mol. The minimum Gasteiger partial charge on any atom is -0.347 e. The van der Waals surface area contributed by atoms with Crippen LogP contribution in [0.1, 0.15) is 19.7 Å². The van der Waals surface area contributed by atoms with E-state index in [1.807, 2.05) is 24.4 Å². The molecule has 2 amide bonds. The maximum Gasteiger partial charge on any atom is 0.242 e. The van der Waals surface area contributed by atoms with Gasteiger partial charge < -0.3 is 10.6 Å². The van der Waals surface area contributed by atoms with Crippen LogP contribution >= 0.6 is 0 Å². The van der Waals surface area contributed by atoms with Crippen LogP contribution < -0.4 is 10.6 Å². The zero-order chi connectivity index (χ0) is 13.8. The summed E-state index contributed by atoms with van der Waals surface area (Å²) < 4.78 is 1.79. The summed E-state index contributed by atoms with van der Waals surface area (Å²) in [5.74, 6) is 0.137. The molecule has 0 aliphatic heterocycles. The van der Waals surface area contributed by atoms with E-state index in [2.05, 4.69) is 20.8 Å². The molecule has 0 fully saturated rings. The normalized spacial score (nSPS) is 12.1. The lowest BCUT2D eigenvalue weighted by atomic mass is 10.3. The predicted octanol–water partition coefficient (Wildman–Crippen LogP) is -0.130. The van der Waals surface area contributed by atoms with Crippen molar-refractivity contribution in [2.24, 2.45) is 0 Å². The van der Waals surface area contributed by atoms with Gasteiger partial charge in [-0.1, -0.05) is 6.07 Å². The van der Waals surface area contributed by atoms with Gasteiger partial charge in [-0.2, -0.15) is 0 Å². The van der Waals surface area contributed by atoms with Crippen LogP contribution in [-0.4, -0.2) is 32.5 Å². The van der Waals surface area contributed by atoms with Crippen LogP contribution in [0.25, 0.3) is 5.65 Å². The van der Waals surface area contributed by atoms with Crippen molar-refractivity contribution in [1.29, 1.82) is 0 Å². The van der Waals surface area contributed by atoms with Gasteiger partial charge in [-0.3, -0.25) is 14.0 Å². The van der Waals surface area contributed by atoms with Crippen molar-refractivity contribution < 1.29 is 9.59 Å². The molecule has 2 heterocycles. The second kappa shape index (κ2) is 5.47. The molecule has 0 saturated carbocycles. The molecule has 0 bridgehead atoms. The van der Waals surface area contributed by atoms with Crippen molar-refractivity contribution in [2.45, 2.75) is 26.4 Å². The number of pyridine rings is 1. The summed E-state index contributed by atoms with van der Waals surface area (Å²) in [5.41, 5.74) is 0.724. The first-order chi connectivity index (χ1) is 9.08. The summed E-state index contributed by atoms with van der Waals surface area (Å²) in [6.45, 7) is 3.25. The van der Waals surface area contributed by atoms with Crippen molar-refractivity contribution in [2.75, 3.05) is 0 Å². The van der Waals surface area contributed by atoms with Gasteiger partial charge in [0.1, 0.15) is 6.04 Å². The Morgan fingerprint density at radius 2 is 2.16 bits per heavy atom. The van der Waals surface area contributed by atoms with E-state index in [1.165, 1.54) is 6.92 Å². The molecule has 100 valence electrons. The van der Waals surface area contributed by atoms with E-state index in [4.69, 9.17) is 0 Å². The molecular weight excluding hydrogens is 246 g/mol. The number of hydrogen-bond donors (Lipinski definition) is 2. The fourth-order valence-corrected chi connectivity index (χ4v) is 1.70. The van der Waals surface area contributed by atoms with Gasteiger partial charge in [-0.15, -0.1) is 10.2 Å². The third-order valence-electron chi connectivity index (χ3n) is 2.62. The molecule has 7 heteroatoms. The van der Waals surface area contributed by atoms with Crippen LogP contribution in [0.4, 0.5) is 0 Å². The first-order valence-corrected chi connectivity index (χ1v) is 5.91. The average Bonchev–Trinajstić information content (AvgIpc) is 2.78. The minimum atomic E-state index is -0.573. The van der Waals surface area contributed by atoms with E-state index >= 15 is 0 Å². The Morgan fingerprint density at radius 1 is 1.37 bits per heavy atom. The molecule has 0 aliphatic carbocycles. The third kappa shape index (κ3) is 3.06. The highest BCUT2D eigenvalue weighted by molar-refractivity contribution is 5.86. The fraction of sp³-hybridized carbons (Fsp3) is 0.333. The van der Waals surface area contributed by atoms with Gasteiger partial charge in [-0.05, 0) is 19.1 Å². The molecule has 0 aromatic carbocycles. The number of aromatic nitrogens is 3. The molecule has 7 nitrogen and oxygen atoms in total. The van der Waals surface area contributed by atoms with E-state index < -0.39 is 6.04 Å². The Bertz CT molecular complexity index is 607. The van der Waals surface area contributed by atoms with Crippen molar-refractivity contribution in [3.63, 3.8) is 0 Å². The van der Waals surface area contributed by atoms with Gasteiger partial charge >= 0.3 is 0 Å². The monoisotopic (exact) mass is 261 g/mol. The van der Waals surface area contributed by atoms with Crippen LogP contribution in [-0.2, 0) is 16.1 Å². The molecule has 19 heavy (non-hydrogen) atoms. The van der Waals surface area contributed by atoms with Gasteiger partial charge in [0.15, 0.2) is 11.5 Å². The molecule has 2 aromatic heterocycles. The molecule has 0 aliphatic rings. The van der Waals surface area contributed by atoms with E-state index in [0.717, 1.165) is 5.65 Å². The zero-order valence-corrected chi connectivity index (χ0v) is 10.8. The lowest BCUT2D eigenvalue weighted by Gasteiger charge is -2.12. The molecule has 1 unspecified atom stereocenters. The molecule has 0 spiro atoms. The van der Waals surface area contributed by atoms with Crippen LogP contribution in [0.2, 0.25) is 0 Å². The lowest BCUT2D eigenvalue weighted by molar-refractivity contribution is -0.127. The highest BCUT2D eigenvalue weighted by atomic mass is 16.2. The maximum atomic E-state index is 11.7. The predicted molar refractivity (Wildman–Crippen MR) is 68.1 cm³/mol. The molecule has 2 rings (SSSR count). The highest BCUT2D eigenvalue weighted by Crippen LogP contribution is 2.02. The second-order valence-electron chi connectivity index (χ2n) is 4.19. The van der Waals surface area contributed by atoms with Crippen LogP contribution in [0, 0.1) is 0 Å². The van der Waals surface area contributed by atoms with Gasteiger partial charge in [0.2, 0.25) is 11.8 Å². The number of carbonyl (C=O) groups excluding carboxylic acids is 2. The Hall–Kier alpha value is -2.44. The van der Waals surface area contributed by atoms with Crippen molar-refractivity contribution in [3.8, 4) is 0 Å². The SMILES string of the molecule is CC(=O)NC(C)C(=O)NCc1nnc2ccccn12. The first kappa shape index (κ1) is 13.0. The van der Waals surface area contributed by atoms with Gasteiger partial charge in [-0.25, -0.2) is 0 Å². The molecule has 0 radical (unpaired) electrons. The van der Waals surface area contributed by atoms with Crippen LogP contribution in [0.15, 0.2) is 24.4 Å². The van der Waals surface area contributed by atoms with Crippen molar-refractivity contribution in [3.05, 3.63) is 30.2 Å². The van der Waals surface area contributed by atoms with E-state index in [0.29, 0.717) is 5.82 Å². The summed E-state index contributed by atoms with van der Waals surface area (Å²) in [5, 5.41) is 13.2. The number of amides is 2. The third-order valence-corrected chi connectivity index (χ3v) is 2.62. The largest absolute Gasteiger partial charge is 0.347 e. The van der Waals surface area contributed by atoms with E-state index in [-0.39, 0.29) is 18.4 Å². The van der Waals surface area contributed by atoms with Crippen molar-refractivity contribution in [1.82, 2.24) is 25.2 Å². The van der Waals surface area contributed by atoms with E-state index in [9.17, 15) is 9.59 Å². The highest BCUT2D eigenvalue weighted by Gasteiger charge is 2.14. The van der Waals surface area contributed by atoms with E-state index in [1.54, 1.807) is 11.3 Å². The quantitative estimate of drug-likeness (QED) is 0.802. The topological polar surface area (TPSA) is 88.4 Å². The Kier molecular flexibility index (Phi) is 3.74. The number of hydrogen-bond acceptors (Lipinski definition) is 4. The Labute approximate surface area is 110 Å². The first-order valence-electron chi connectivity index (χ1n) is 5.91. The lowest BCUT2D eigenvalue weighted by Crippen LogP contribution is -2.43. The standard InChI is InChI=1S/C12H15N5O2/c1-8(14-9(2)18)12(19)13-7-11-16-15-10-5-3-4-6-17(10)11/h3-6,8H,7H2,1-2H3,(H,13,19)(H,14,18). The summed E-state index contributed by atoms with van der Waals surface area (Å²) >= 11 is 0. The molecule has 2 aromatic rings.